The average Bonchev–Trinajstić information content (AvgIpc) is 2.90. The normalized spacial score (nSPS) is 12.5. The van der Waals surface area contributed by atoms with Crippen molar-refractivity contribution in [3.8, 4) is 17.6 Å². The van der Waals surface area contributed by atoms with E-state index in [1.54, 1.807) is 18.2 Å². The van der Waals surface area contributed by atoms with Gasteiger partial charge < -0.3 is 9.47 Å². The molecule has 2 rings (SSSR count). The molecule has 0 saturated carbocycles. The molecule has 0 atom stereocenters. The predicted octanol–water partition coefficient (Wildman–Crippen LogP) is 1.83. The maximum absolute atomic E-state index is 12.2. The molecule has 0 unspecified atom stereocenters. The van der Waals surface area contributed by atoms with E-state index < -0.39 is 0 Å². The number of Topliss-reactive ketones (excluding diaryl/α,β-unsaturated/α-hetero) is 1. The monoisotopic (exact) mass is 260 g/mol. The summed E-state index contributed by atoms with van der Waals surface area (Å²) in [5.74, 6) is 1.32. The molecule has 19 heavy (non-hydrogen) atoms. The highest BCUT2D eigenvalue weighted by Gasteiger charge is 2.17. The van der Waals surface area contributed by atoms with Crippen molar-refractivity contribution in [2.75, 3.05) is 26.4 Å². The number of hydrogen-bond donors (Lipinski definition) is 0. The lowest BCUT2D eigenvalue weighted by atomic mass is 10.1. The fraction of sp³-hybridized carbons (Fsp3) is 0.429. The minimum Gasteiger partial charge on any atom is -0.454 e. The Balaban J connectivity index is 2.01. The van der Waals surface area contributed by atoms with Gasteiger partial charge in [-0.2, -0.15) is 5.26 Å². The fourth-order valence-corrected chi connectivity index (χ4v) is 1.92. The summed E-state index contributed by atoms with van der Waals surface area (Å²) in [5.41, 5.74) is 0.611. The van der Waals surface area contributed by atoms with Crippen LogP contribution in [-0.2, 0) is 0 Å². The summed E-state index contributed by atoms with van der Waals surface area (Å²) >= 11 is 0. The van der Waals surface area contributed by atoms with Gasteiger partial charge in [-0.25, -0.2) is 0 Å². The second kappa shape index (κ2) is 6.21. The maximum atomic E-state index is 12.2. The van der Waals surface area contributed by atoms with Crippen LogP contribution >= 0.6 is 0 Å². The Labute approximate surface area is 112 Å². The molecule has 0 amide bonds. The van der Waals surface area contributed by atoms with Crippen LogP contribution in [0.4, 0.5) is 0 Å². The SMILES string of the molecule is CCN(CCC#N)CC(=O)c1ccc2c(c1)OCO2. The van der Waals surface area contributed by atoms with Gasteiger partial charge in [0.05, 0.1) is 12.6 Å². The second-order valence-corrected chi connectivity index (χ2v) is 4.27. The Bertz CT molecular complexity index is 508. The van der Waals surface area contributed by atoms with Crippen LogP contribution in [0.3, 0.4) is 0 Å². The average molecular weight is 260 g/mol. The summed E-state index contributed by atoms with van der Waals surface area (Å²) in [6.45, 7) is 3.86. The first-order valence-electron chi connectivity index (χ1n) is 6.26. The summed E-state index contributed by atoms with van der Waals surface area (Å²) in [4.78, 5) is 14.1. The topological polar surface area (TPSA) is 62.6 Å². The summed E-state index contributed by atoms with van der Waals surface area (Å²) in [6.07, 6.45) is 0.433. The van der Waals surface area contributed by atoms with Crippen molar-refractivity contribution >= 4 is 5.78 Å². The molecule has 0 fully saturated rings. The van der Waals surface area contributed by atoms with Gasteiger partial charge in [-0.1, -0.05) is 6.92 Å². The molecular formula is C14H16N2O3. The number of ether oxygens (including phenoxy) is 2. The molecule has 0 aliphatic carbocycles. The maximum Gasteiger partial charge on any atom is 0.231 e. The molecule has 0 N–H and O–H groups in total. The summed E-state index contributed by atoms with van der Waals surface area (Å²) in [5, 5.41) is 8.58. The van der Waals surface area contributed by atoms with Crippen molar-refractivity contribution in [2.45, 2.75) is 13.3 Å². The highest BCUT2D eigenvalue weighted by molar-refractivity contribution is 5.98. The zero-order valence-electron chi connectivity index (χ0n) is 10.9. The smallest absolute Gasteiger partial charge is 0.231 e. The lowest BCUT2D eigenvalue weighted by Gasteiger charge is -2.17. The third-order valence-corrected chi connectivity index (χ3v) is 3.05. The third-order valence-electron chi connectivity index (χ3n) is 3.05. The van der Waals surface area contributed by atoms with Gasteiger partial charge in [-0.15, -0.1) is 0 Å². The first-order chi connectivity index (χ1) is 9.24. The largest absolute Gasteiger partial charge is 0.454 e. The molecular weight excluding hydrogens is 244 g/mol. The van der Waals surface area contributed by atoms with Crippen LogP contribution in [0.2, 0.25) is 0 Å². The molecule has 1 heterocycles. The van der Waals surface area contributed by atoms with Gasteiger partial charge in [-0.05, 0) is 24.7 Å². The summed E-state index contributed by atoms with van der Waals surface area (Å²) in [6, 6.07) is 7.30. The van der Waals surface area contributed by atoms with Gasteiger partial charge in [0, 0.05) is 18.5 Å². The van der Waals surface area contributed by atoms with E-state index in [-0.39, 0.29) is 12.6 Å². The van der Waals surface area contributed by atoms with Crippen LogP contribution in [0.1, 0.15) is 23.7 Å². The number of likely N-dealkylation sites (N-methyl/N-ethyl adjacent to an activating group) is 1. The van der Waals surface area contributed by atoms with Crippen LogP contribution in [-0.4, -0.2) is 37.1 Å². The van der Waals surface area contributed by atoms with E-state index in [2.05, 4.69) is 6.07 Å². The number of carbonyl (C=O) groups excluding carboxylic acids is 1. The standard InChI is InChI=1S/C14H16N2O3/c1-2-16(7-3-6-15)9-12(17)11-4-5-13-14(8-11)19-10-18-13/h4-5,8H,2-3,7,9-10H2,1H3. The zero-order valence-corrected chi connectivity index (χ0v) is 10.9. The van der Waals surface area contributed by atoms with Gasteiger partial charge in [0.15, 0.2) is 17.3 Å². The molecule has 5 nitrogen and oxygen atoms in total. The molecule has 5 heteroatoms. The van der Waals surface area contributed by atoms with Crippen LogP contribution in [0.25, 0.3) is 0 Å². The summed E-state index contributed by atoms with van der Waals surface area (Å²) < 4.78 is 10.5. The Morgan fingerprint density at radius 3 is 2.95 bits per heavy atom. The fourth-order valence-electron chi connectivity index (χ4n) is 1.92. The van der Waals surface area contributed by atoms with Crippen molar-refractivity contribution < 1.29 is 14.3 Å². The first kappa shape index (κ1) is 13.4. The van der Waals surface area contributed by atoms with Gasteiger partial charge in [0.25, 0.3) is 0 Å². The van der Waals surface area contributed by atoms with E-state index in [0.29, 0.717) is 36.6 Å². The molecule has 1 aliphatic heterocycles. The zero-order chi connectivity index (χ0) is 13.7. The van der Waals surface area contributed by atoms with Gasteiger partial charge in [-0.3, -0.25) is 9.69 Å². The lowest BCUT2D eigenvalue weighted by molar-refractivity contribution is 0.0935. The second-order valence-electron chi connectivity index (χ2n) is 4.27. The highest BCUT2D eigenvalue weighted by Crippen LogP contribution is 2.32. The van der Waals surface area contributed by atoms with Gasteiger partial charge >= 0.3 is 0 Å². The third kappa shape index (κ3) is 3.24. The van der Waals surface area contributed by atoms with Crippen molar-refractivity contribution in [2.24, 2.45) is 0 Å². The number of hydrogen-bond acceptors (Lipinski definition) is 5. The minimum absolute atomic E-state index is 0.0260. The molecule has 100 valence electrons. The number of nitrogens with zero attached hydrogens (tertiary/aromatic N) is 2. The van der Waals surface area contributed by atoms with E-state index in [0.717, 1.165) is 6.54 Å². The van der Waals surface area contributed by atoms with Crippen molar-refractivity contribution in [3.63, 3.8) is 0 Å². The summed E-state index contributed by atoms with van der Waals surface area (Å²) in [7, 11) is 0. The number of rotatable bonds is 6. The highest BCUT2D eigenvalue weighted by atomic mass is 16.7. The van der Waals surface area contributed by atoms with Crippen molar-refractivity contribution in [1.29, 1.82) is 5.26 Å². The number of fused-ring (bicyclic) bond motifs is 1. The van der Waals surface area contributed by atoms with E-state index in [1.807, 2.05) is 11.8 Å². The Morgan fingerprint density at radius 1 is 1.42 bits per heavy atom. The number of carbonyl (C=O) groups is 1. The molecule has 1 aromatic carbocycles. The van der Waals surface area contributed by atoms with Crippen molar-refractivity contribution in [3.05, 3.63) is 23.8 Å². The number of ketones is 1. The number of benzene rings is 1. The Hall–Kier alpha value is -2.06. The molecule has 0 bridgehead atoms. The molecule has 1 aliphatic rings. The minimum atomic E-state index is 0.0260. The van der Waals surface area contributed by atoms with Crippen LogP contribution in [0.5, 0.6) is 11.5 Å². The quantitative estimate of drug-likeness (QED) is 0.730. The van der Waals surface area contributed by atoms with Crippen molar-refractivity contribution in [1.82, 2.24) is 4.90 Å². The molecule has 0 aromatic heterocycles. The molecule has 1 aromatic rings. The first-order valence-corrected chi connectivity index (χ1v) is 6.26. The van der Waals surface area contributed by atoms with Crippen LogP contribution < -0.4 is 9.47 Å². The van der Waals surface area contributed by atoms with E-state index in [1.165, 1.54) is 0 Å². The Morgan fingerprint density at radius 2 is 2.21 bits per heavy atom. The van der Waals surface area contributed by atoms with Gasteiger partial charge in [0.1, 0.15) is 0 Å². The molecule has 0 spiro atoms. The molecule has 0 radical (unpaired) electrons. The molecule has 0 saturated heterocycles. The predicted molar refractivity (Wildman–Crippen MR) is 69.2 cm³/mol. The Kier molecular flexibility index (Phi) is 4.37. The van der Waals surface area contributed by atoms with Crippen LogP contribution in [0, 0.1) is 11.3 Å². The van der Waals surface area contributed by atoms with E-state index in [4.69, 9.17) is 14.7 Å². The lowest BCUT2D eigenvalue weighted by Crippen LogP contribution is -2.30. The van der Waals surface area contributed by atoms with Gasteiger partial charge in [0.2, 0.25) is 6.79 Å². The van der Waals surface area contributed by atoms with Crippen LogP contribution in [0.15, 0.2) is 18.2 Å². The van der Waals surface area contributed by atoms with E-state index >= 15 is 0 Å². The van der Waals surface area contributed by atoms with E-state index in [9.17, 15) is 4.79 Å². The number of nitriles is 1.